The molecule has 0 saturated carbocycles. The molecule has 3 atom stereocenters. The fourth-order valence-electron chi connectivity index (χ4n) is 1.49. The lowest BCUT2D eigenvalue weighted by atomic mass is 10.00. The van der Waals surface area contributed by atoms with Gasteiger partial charge in [0.25, 0.3) is 0 Å². The Labute approximate surface area is 82.9 Å². The summed E-state index contributed by atoms with van der Waals surface area (Å²) in [4.78, 5) is 24.2. The van der Waals surface area contributed by atoms with Crippen LogP contribution in [0, 0.1) is 11.8 Å². The molecular weight excluding hydrogens is 184 g/mol. The van der Waals surface area contributed by atoms with E-state index in [2.05, 4.69) is 0 Å². The Morgan fingerprint density at radius 3 is 2.14 bits per heavy atom. The van der Waals surface area contributed by atoms with E-state index in [0.717, 1.165) is 4.90 Å². The number of nitrogens with zero attached hydrogens (tertiary/aromatic N) is 1. The van der Waals surface area contributed by atoms with E-state index < -0.39 is 6.10 Å². The molecule has 0 aromatic heterocycles. The molecule has 3 N–H and O–H groups in total. The number of amides is 2. The van der Waals surface area contributed by atoms with Gasteiger partial charge in [-0.25, -0.2) is 0 Å². The Balaban J connectivity index is 2.70. The Morgan fingerprint density at radius 1 is 1.36 bits per heavy atom. The number of hydrogen-bond acceptors (Lipinski definition) is 4. The standard InChI is InChI=1S/C9H16N2O3/c1-5-6(2)9(14)11(8(5)13)4-7(12)3-10/h5-7,12H,3-4,10H2,1-2H3/t5?,6?,7-/m1/s1. The fourth-order valence-corrected chi connectivity index (χ4v) is 1.49. The summed E-state index contributed by atoms with van der Waals surface area (Å²) in [6.45, 7) is 3.52. The number of carbonyl (C=O) groups excluding carboxylic acids is 2. The van der Waals surface area contributed by atoms with E-state index >= 15 is 0 Å². The van der Waals surface area contributed by atoms with Gasteiger partial charge in [0.05, 0.1) is 12.6 Å². The average Bonchev–Trinajstić information content (AvgIpc) is 2.35. The van der Waals surface area contributed by atoms with Crippen LogP contribution >= 0.6 is 0 Å². The summed E-state index contributed by atoms with van der Waals surface area (Å²) in [5.74, 6) is -0.995. The minimum atomic E-state index is -0.819. The zero-order valence-corrected chi connectivity index (χ0v) is 8.43. The maximum absolute atomic E-state index is 11.5. The minimum absolute atomic E-state index is 0.0167. The van der Waals surface area contributed by atoms with Gasteiger partial charge in [0.1, 0.15) is 0 Å². The third kappa shape index (κ3) is 1.78. The quantitative estimate of drug-likeness (QED) is 0.569. The Morgan fingerprint density at radius 2 is 1.79 bits per heavy atom. The largest absolute Gasteiger partial charge is 0.390 e. The summed E-state index contributed by atoms with van der Waals surface area (Å²) in [6.07, 6.45) is -0.819. The molecule has 2 amide bonds. The predicted octanol–water partition coefficient (Wildman–Crippen LogP) is -1.05. The summed E-state index contributed by atoms with van der Waals surface area (Å²) in [7, 11) is 0. The first-order chi connectivity index (χ1) is 6.49. The van der Waals surface area contributed by atoms with Crippen LogP contribution in [0.5, 0.6) is 0 Å². The molecular formula is C9H16N2O3. The number of carbonyl (C=O) groups is 2. The van der Waals surface area contributed by atoms with Crippen molar-refractivity contribution in [3.8, 4) is 0 Å². The molecule has 1 rings (SSSR count). The van der Waals surface area contributed by atoms with E-state index in [1.807, 2.05) is 0 Å². The highest BCUT2D eigenvalue weighted by atomic mass is 16.3. The van der Waals surface area contributed by atoms with Crippen LogP contribution in [0.4, 0.5) is 0 Å². The summed E-state index contributed by atoms with van der Waals surface area (Å²) in [6, 6.07) is 0. The van der Waals surface area contributed by atoms with Crippen LogP contribution in [0.25, 0.3) is 0 Å². The Hall–Kier alpha value is -0.940. The molecule has 1 saturated heterocycles. The highest BCUT2D eigenvalue weighted by molar-refractivity contribution is 6.04. The molecule has 1 aliphatic rings. The molecule has 1 fully saturated rings. The molecule has 2 unspecified atom stereocenters. The SMILES string of the molecule is CC1C(=O)N(C[C@H](O)CN)C(=O)C1C. The van der Waals surface area contributed by atoms with Gasteiger partial charge in [0.15, 0.2) is 0 Å². The molecule has 1 aliphatic heterocycles. The number of hydrogen-bond donors (Lipinski definition) is 2. The van der Waals surface area contributed by atoms with Gasteiger partial charge in [-0.05, 0) is 0 Å². The lowest BCUT2D eigenvalue weighted by Crippen LogP contribution is -2.40. The van der Waals surface area contributed by atoms with Crippen molar-refractivity contribution < 1.29 is 14.7 Å². The topological polar surface area (TPSA) is 83.6 Å². The second-order valence-electron chi connectivity index (χ2n) is 3.75. The van der Waals surface area contributed by atoms with Gasteiger partial charge in [-0.3, -0.25) is 14.5 Å². The Kier molecular flexibility index (Phi) is 3.23. The van der Waals surface area contributed by atoms with E-state index in [1.165, 1.54) is 0 Å². The van der Waals surface area contributed by atoms with Crippen molar-refractivity contribution in [1.82, 2.24) is 4.90 Å². The maximum Gasteiger partial charge on any atom is 0.232 e. The number of aliphatic hydroxyl groups is 1. The number of nitrogens with two attached hydrogens (primary N) is 1. The lowest BCUT2D eigenvalue weighted by Gasteiger charge is -2.17. The molecule has 5 nitrogen and oxygen atoms in total. The second kappa shape index (κ2) is 4.06. The molecule has 0 aliphatic carbocycles. The van der Waals surface area contributed by atoms with Crippen molar-refractivity contribution >= 4 is 11.8 Å². The number of β-amino-alcohol motifs (C(OH)–C–C–N with tert-alkyl or cyclic N) is 1. The molecule has 14 heavy (non-hydrogen) atoms. The smallest absolute Gasteiger partial charge is 0.232 e. The average molecular weight is 200 g/mol. The van der Waals surface area contributed by atoms with E-state index in [9.17, 15) is 14.7 Å². The summed E-state index contributed by atoms with van der Waals surface area (Å²) >= 11 is 0. The van der Waals surface area contributed by atoms with Crippen molar-refractivity contribution in [3.05, 3.63) is 0 Å². The van der Waals surface area contributed by atoms with Crippen molar-refractivity contribution in [1.29, 1.82) is 0 Å². The van der Waals surface area contributed by atoms with Crippen molar-refractivity contribution in [2.75, 3.05) is 13.1 Å². The molecule has 0 bridgehead atoms. The zero-order chi connectivity index (χ0) is 10.9. The van der Waals surface area contributed by atoms with E-state index in [0.29, 0.717) is 0 Å². The van der Waals surface area contributed by atoms with Crippen LogP contribution in [0.15, 0.2) is 0 Å². The van der Waals surface area contributed by atoms with Crippen LogP contribution in [-0.2, 0) is 9.59 Å². The van der Waals surface area contributed by atoms with Gasteiger partial charge in [-0.15, -0.1) is 0 Å². The molecule has 5 heteroatoms. The first kappa shape index (κ1) is 11.1. The zero-order valence-electron chi connectivity index (χ0n) is 8.43. The number of imide groups is 1. The van der Waals surface area contributed by atoms with Crippen LogP contribution in [0.2, 0.25) is 0 Å². The molecule has 0 radical (unpaired) electrons. The van der Waals surface area contributed by atoms with Crippen LogP contribution in [0.1, 0.15) is 13.8 Å². The molecule has 0 spiro atoms. The fraction of sp³-hybridized carbons (Fsp3) is 0.778. The normalized spacial score (nSPS) is 29.9. The second-order valence-corrected chi connectivity index (χ2v) is 3.75. The van der Waals surface area contributed by atoms with Gasteiger partial charge in [0.2, 0.25) is 11.8 Å². The van der Waals surface area contributed by atoms with Crippen molar-refractivity contribution in [2.24, 2.45) is 17.6 Å². The number of aliphatic hydroxyl groups excluding tert-OH is 1. The van der Waals surface area contributed by atoms with Gasteiger partial charge >= 0.3 is 0 Å². The van der Waals surface area contributed by atoms with Crippen LogP contribution in [-0.4, -0.2) is 41.0 Å². The monoisotopic (exact) mass is 200 g/mol. The highest BCUT2D eigenvalue weighted by Crippen LogP contribution is 2.25. The number of rotatable bonds is 3. The summed E-state index contributed by atoms with van der Waals surface area (Å²) in [5, 5.41) is 9.26. The molecule has 0 aromatic carbocycles. The third-order valence-corrected chi connectivity index (χ3v) is 2.73. The van der Waals surface area contributed by atoms with Gasteiger partial charge < -0.3 is 10.8 Å². The molecule has 0 aromatic rings. The maximum atomic E-state index is 11.5. The number of likely N-dealkylation sites (tertiary alicyclic amines) is 1. The minimum Gasteiger partial charge on any atom is -0.390 e. The predicted molar refractivity (Wildman–Crippen MR) is 50.1 cm³/mol. The summed E-state index contributed by atoms with van der Waals surface area (Å²) < 4.78 is 0. The summed E-state index contributed by atoms with van der Waals surface area (Å²) in [5.41, 5.74) is 5.21. The molecule has 1 heterocycles. The first-order valence-electron chi connectivity index (χ1n) is 4.72. The van der Waals surface area contributed by atoms with Gasteiger partial charge in [0, 0.05) is 18.4 Å². The van der Waals surface area contributed by atoms with Crippen molar-refractivity contribution in [3.63, 3.8) is 0 Å². The highest BCUT2D eigenvalue weighted by Gasteiger charge is 2.42. The Bertz CT molecular complexity index is 234. The van der Waals surface area contributed by atoms with Crippen LogP contribution < -0.4 is 5.73 Å². The van der Waals surface area contributed by atoms with E-state index in [-0.39, 0.29) is 36.7 Å². The first-order valence-corrected chi connectivity index (χ1v) is 4.72. The molecule has 80 valence electrons. The van der Waals surface area contributed by atoms with Crippen molar-refractivity contribution in [2.45, 2.75) is 20.0 Å². The van der Waals surface area contributed by atoms with E-state index in [4.69, 9.17) is 5.73 Å². The van der Waals surface area contributed by atoms with Crippen LogP contribution in [0.3, 0.4) is 0 Å². The lowest BCUT2D eigenvalue weighted by molar-refractivity contribution is -0.141. The van der Waals surface area contributed by atoms with Gasteiger partial charge in [-0.2, -0.15) is 0 Å². The van der Waals surface area contributed by atoms with Gasteiger partial charge in [-0.1, -0.05) is 13.8 Å². The third-order valence-electron chi connectivity index (χ3n) is 2.73. The van der Waals surface area contributed by atoms with E-state index in [1.54, 1.807) is 13.8 Å².